The number of carbonyl (C=O) groups excluding carboxylic acids is 1. The summed E-state index contributed by atoms with van der Waals surface area (Å²) in [6.07, 6.45) is 1.71. The Morgan fingerprint density at radius 3 is 2.81 bits per heavy atom. The van der Waals surface area contributed by atoms with Gasteiger partial charge in [-0.3, -0.25) is 9.80 Å². The predicted octanol–water partition coefficient (Wildman–Crippen LogP) is 0.943. The normalized spacial score (nSPS) is 12.0. The van der Waals surface area contributed by atoms with Crippen LogP contribution in [0.4, 0.5) is 10.1 Å². The van der Waals surface area contributed by atoms with Gasteiger partial charge in [-0.1, -0.05) is 11.6 Å². The Morgan fingerprint density at radius 1 is 1.69 bits per heavy atom. The zero-order chi connectivity index (χ0) is 12.3. The van der Waals surface area contributed by atoms with Crippen LogP contribution in [-0.2, 0) is 4.79 Å². The molecule has 0 aromatic carbocycles. The Hall–Kier alpha value is -1.66. The molecule has 0 radical (unpaired) electrons. The van der Waals surface area contributed by atoms with Gasteiger partial charge in [0.15, 0.2) is 17.3 Å². The van der Waals surface area contributed by atoms with Crippen molar-refractivity contribution < 1.29 is 9.18 Å². The highest BCUT2D eigenvalue weighted by Gasteiger charge is 2.16. The van der Waals surface area contributed by atoms with E-state index < -0.39 is 5.82 Å². The molecule has 1 aromatic heterocycles. The Bertz CT molecular complexity index is 445. The van der Waals surface area contributed by atoms with E-state index in [0.717, 1.165) is 5.01 Å². The molecular weight excluding hydrogens is 235 g/mol. The number of hydrogen-bond acceptors (Lipinski definition) is 5. The largest absolute Gasteiger partial charge is 0.400 e. The molecule has 1 rings (SSSR count). The van der Waals surface area contributed by atoms with Crippen molar-refractivity contribution in [2.75, 3.05) is 5.01 Å². The van der Waals surface area contributed by atoms with Crippen molar-refractivity contribution in [2.24, 2.45) is 11.6 Å². The molecule has 0 saturated carbocycles. The third kappa shape index (κ3) is 2.29. The summed E-state index contributed by atoms with van der Waals surface area (Å²) in [5.74, 6) is 4.75. The molecular formula is C9H10ClFN4O. The molecule has 0 aliphatic heterocycles. The van der Waals surface area contributed by atoms with E-state index in [9.17, 15) is 9.18 Å². The minimum atomic E-state index is -0.813. The maximum atomic E-state index is 13.5. The lowest BCUT2D eigenvalue weighted by atomic mass is 10.3. The zero-order valence-electron chi connectivity index (χ0n) is 8.45. The summed E-state index contributed by atoms with van der Waals surface area (Å²) >= 11 is 5.48. The van der Waals surface area contributed by atoms with Crippen molar-refractivity contribution in [3.8, 4) is 0 Å². The first-order valence-corrected chi connectivity index (χ1v) is 4.63. The highest BCUT2D eigenvalue weighted by atomic mass is 35.5. The molecule has 86 valence electrons. The number of anilines is 1. The molecule has 0 fully saturated rings. The van der Waals surface area contributed by atoms with Gasteiger partial charge in [-0.15, -0.1) is 0 Å². The lowest BCUT2D eigenvalue weighted by Crippen LogP contribution is -2.33. The van der Waals surface area contributed by atoms with Gasteiger partial charge >= 0.3 is 0 Å². The second kappa shape index (κ2) is 4.91. The van der Waals surface area contributed by atoms with Crippen LogP contribution < -0.4 is 16.6 Å². The smallest absolute Gasteiger partial charge is 0.185 e. The van der Waals surface area contributed by atoms with Gasteiger partial charge < -0.3 is 5.73 Å². The Kier molecular flexibility index (Phi) is 3.81. The molecule has 0 spiro atoms. The monoisotopic (exact) mass is 244 g/mol. The van der Waals surface area contributed by atoms with Crippen LogP contribution in [0.2, 0.25) is 5.15 Å². The second-order valence-corrected chi connectivity index (χ2v) is 3.35. The van der Waals surface area contributed by atoms with Crippen LogP contribution in [0.5, 0.6) is 0 Å². The third-order valence-electron chi connectivity index (χ3n) is 1.86. The number of hydrogen-bond donors (Lipinski definition) is 2. The molecule has 5 nitrogen and oxygen atoms in total. The third-order valence-corrected chi connectivity index (χ3v) is 2.12. The molecule has 0 saturated heterocycles. The van der Waals surface area contributed by atoms with E-state index in [4.69, 9.17) is 23.2 Å². The van der Waals surface area contributed by atoms with Crippen LogP contribution in [0.15, 0.2) is 23.7 Å². The summed E-state index contributed by atoms with van der Waals surface area (Å²) in [5, 5.41) is 0.499. The molecule has 7 heteroatoms. The van der Waals surface area contributed by atoms with E-state index in [2.05, 4.69) is 4.98 Å². The van der Waals surface area contributed by atoms with Gasteiger partial charge in [-0.2, -0.15) is 0 Å². The van der Waals surface area contributed by atoms with Crippen LogP contribution in [0.25, 0.3) is 0 Å². The number of rotatable bonds is 3. The molecule has 0 unspecified atom stereocenters. The van der Waals surface area contributed by atoms with Gasteiger partial charge in [0.2, 0.25) is 0 Å². The van der Waals surface area contributed by atoms with E-state index in [-0.39, 0.29) is 22.2 Å². The van der Waals surface area contributed by atoms with Crippen LogP contribution in [0, 0.1) is 5.82 Å². The summed E-state index contributed by atoms with van der Waals surface area (Å²) in [7, 11) is 0. The highest BCUT2D eigenvalue weighted by molar-refractivity contribution is 6.29. The quantitative estimate of drug-likeness (QED) is 0.272. The molecule has 0 amide bonds. The molecule has 4 N–H and O–H groups in total. The standard InChI is InChI=1S/C9H10ClFN4O/c1-5(12)7(4-16)15(13)6-2-3-14-9(10)8(6)11/h2-4H,12-13H2,1H3/b7-5-. The number of aldehydes is 1. The summed E-state index contributed by atoms with van der Waals surface area (Å²) in [6.45, 7) is 1.48. The average Bonchev–Trinajstić information content (AvgIpc) is 2.22. The minimum absolute atomic E-state index is 0.0406. The number of carbonyl (C=O) groups is 1. The van der Waals surface area contributed by atoms with Gasteiger partial charge in [-0.05, 0) is 13.0 Å². The Labute approximate surface area is 96.5 Å². The summed E-state index contributed by atoms with van der Waals surface area (Å²) in [4.78, 5) is 14.3. The number of nitrogens with two attached hydrogens (primary N) is 2. The maximum Gasteiger partial charge on any atom is 0.185 e. The first-order valence-electron chi connectivity index (χ1n) is 4.25. The number of halogens is 2. The van der Waals surface area contributed by atoms with Crippen LogP contribution in [0.1, 0.15) is 6.92 Å². The Morgan fingerprint density at radius 2 is 2.31 bits per heavy atom. The van der Waals surface area contributed by atoms with Crippen LogP contribution in [-0.4, -0.2) is 11.3 Å². The molecule has 1 heterocycles. The fourth-order valence-corrected chi connectivity index (χ4v) is 1.22. The van der Waals surface area contributed by atoms with Gasteiger partial charge in [0.25, 0.3) is 0 Å². The van der Waals surface area contributed by atoms with Crippen LogP contribution >= 0.6 is 11.6 Å². The molecule has 16 heavy (non-hydrogen) atoms. The summed E-state index contributed by atoms with van der Waals surface area (Å²) < 4.78 is 13.5. The number of pyridine rings is 1. The molecule has 0 bridgehead atoms. The zero-order valence-corrected chi connectivity index (χ0v) is 9.20. The number of nitrogens with zero attached hydrogens (tertiary/aromatic N) is 2. The van der Waals surface area contributed by atoms with Crippen molar-refractivity contribution in [1.29, 1.82) is 0 Å². The predicted molar refractivity (Wildman–Crippen MR) is 58.8 cm³/mol. The first-order chi connectivity index (χ1) is 7.49. The lowest BCUT2D eigenvalue weighted by molar-refractivity contribution is -0.105. The Balaban J connectivity index is 3.24. The van der Waals surface area contributed by atoms with E-state index in [1.54, 1.807) is 0 Å². The summed E-state index contributed by atoms with van der Waals surface area (Å²) in [6, 6.07) is 1.29. The fourth-order valence-electron chi connectivity index (χ4n) is 1.06. The van der Waals surface area contributed by atoms with E-state index >= 15 is 0 Å². The molecule has 0 atom stereocenters. The van der Waals surface area contributed by atoms with Gasteiger partial charge in [0.05, 0.1) is 5.69 Å². The SMILES string of the molecule is C/C(N)=C(\C=O)N(N)c1ccnc(Cl)c1F. The number of allylic oxidation sites excluding steroid dienone is 2. The van der Waals surface area contributed by atoms with Crippen molar-refractivity contribution in [3.63, 3.8) is 0 Å². The number of aromatic nitrogens is 1. The van der Waals surface area contributed by atoms with Crippen LogP contribution in [0.3, 0.4) is 0 Å². The lowest BCUT2D eigenvalue weighted by Gasteiger charge is -2.19. The van der Waals surface area contributed by atoms with Gasteiger partial charge in [0, 0.05) is 11.9 Å². The summed E-state index contributed by atoms with van der Waals surface area (Å²) in [5.41, 5.74) is 5.48. The van der Waals surface area contributed by atoms with Gasteiger partial charge in [-0.25, -0.2) is 15.2 Å². The minimum Gasteiger partial charge on any atom is -0.400 e. The first kappa shape index (κ1) is 12.4. The van der Waals surface area contributed by atoms with Crippen molar-refractivity contribution in [3.05, 3.63) is 34.6 Å². The number of hydrazine groups is 1. The van der Waals surface area contributed by atoms with Crippen molar-refractivity contribution >= 4 is 23.6 Å². The maximum absolute atomic E-state index is 13.5. The van der Waals surface area contributed by atoms with Gasteiger partial charge in [0.1, 0.15) is 5.70 Å². The molecule has 0 aliphatic carbocycles. The van der Waals surface area contributed by atoms with E-state index in [0.29, 0.717) is 6.29 Å². The highest BCUT2D eigenvalue weighted by Crippen LogP contribution is 2.23. The fraction of sp³-hybridized carbons (Fsp3) is 0.111. The van der Waals surface area contributed by atoms with Crippen molar-refractivity contribution in [1.82, 2.24) is 4.98 Å². The molecule has 0 aliphatic rings. The van der Waals surface area contributed by atoms with E-state index in [1.807, 2.05) is 0 Å². The topological polar surface area (TPSA) is 85.2 Å². The van der Waals surface area contributed by atoms with Crippen molar-refractivity contribution in [2.45, 2.75) is 6.92 Å². The molecule has 1 aromatic rings. The average molecular weight is 245 g/mol. The second-order valence-electron chi connectivity index (χ2n) is 2.99. The van der Waals surface area contributed by atoms with E-state index in [1.165, 1.54) is 19.2 Å².